The van der Waals surface area contributed by atoms with Crippen LogP contribution in [-0.4, -0.2) is 48.6 Å². The van der Waals surface area contributed by atoms with Gasteiger partial charge in [0.05, 0.1) is 24.7 Å². The van der Waals surface area contributed by atoms with Crippen molar-refractivity contribution in [2.24, 2.45) is 5.92 Å². The van der Waals surface area contributed by atoms with Crippen molar-refractivity contribution in [3.63, 3.8) is 0 Å². The van der Waals surface area contributed by atoms with Crippen LogP contribution in [0.25, 0.3) is 0 Å². The van der Waals surface area contributed by atoms with E-state index in [0.29, 0.717) is 26.1 Å². The van der Waals surface area contributed by atoms with Gasteiger partial charge in [-0.3, -0.25) is 9.59 Å². The van der Waals surface area contributed by atoms with Gasteiger partial charge < -0.3 is 15.0 Å². The number of rotatable bonds is 2. The van der Waals surface area contributed by atoms with E-state index >= 15 is 0 Å². The van der Waals surface area contributed by atoms with Crippen molar-refractivity contribution in [3.8, 4) is 0 Å². The van der Waals surface area contributed by atoms with E-state index in [1.165, 1.54) is 0 Å². The van der Waals surface area contributed by atoms with Gasteiger partial charge in [-0.1, -0.05) is 6.92 Å². The van der Waals surface area contributed by atoms with Gasteiger partial charge in [-0.15, -0.1) is 0 Å². The Morgan fingerprint density at radius 3 is 2.94 bits per heavy atom. The Labute approximate surface area is 101 Å². The molecule has 1 N–H and O–H groups in total. The summed E-state index contributed by atoms with van der Waals surface area (Å²) < 4.78 is 5.57. The molecule has 96 valence electrons. The molecule has 2 amide bonds. The van der Waals surface area contributed by atoms with Crippen molar-refractivity contribution in [2.45, 2.75) is 38.8 Å². The SMILES string of the molecule is CCC1COC(C)CN1C(=O)C1CNC(=O)C1. The molecule has 2 saturated heterocycles. The van der Waals surface area contributed by atoms with Gasteiger partial charge in [0.15, 0.2) is 0 Å². The Morgan fingerprint density at radius 2 is 2.35 bits per heavy atom. The molecule has 0 saturated carbocycles. The molecular weight excluding hydrogens is 220 g/mol. The molecule has 3 atom stereocenters. The molecule has 0 aromatic rings. The highest BCUT2D eigenvalue weighted by molar-refractivity contribution is 5.89. The molecule has 5 heteroatoms. The Morgan fingerprint density at radius 1 is 1.59 bits per heavy atom. The summed E-state index contributed by atoms with van der Waals surface area (Å²) in [6.07, 6.45) is 1.32. The molecule has 0 aromatic heterocycles. The number of carbonyl (C=O) groups is 2. The van der Waals surface area contributed by atoms with Gasteiger partial charge in [0.1, 0.15) is 0 Å². The van der Waals surface area contributed by atoms with Crippen molar-refractivity contribution in [2.75, 3.05) is 19.7 Å². The van der Waals surface area contributed by atoms with Gasteiger partial charge >= 0.3 is 0 Å². The fraction of sp³-hybridized carbons (Fsp3) is 0.833. The number of nitrogens with zero attached hydrogens (tertiary/aromatic N) is 1. The molecule has 2 aliphatic rings. The van der Waals surface area contributed by atoms with Crippen LogP contribution in [0.5, 0.6) is 0 Å². The number of nitrogens with one attached hydrogen (secondary N) is 1. The molecule has 0 aliphatic carbocycles. The second-order valence-corrected chi connectivity index (χ2v) is 4.90. The molecule has 2 rings (SSSR count). The maximum atomic E-state index is 12.3. The van der Waals surface area contributed by atoms with Crippen LogP contribution in [0.2, 0.25) is 0 Å². The fourth-order valence-electron chi connectivity index (χ4n) is 2.47. The van der Waals surface area contributed by atoms with Crippen molar-refractivity contribution in [1.29, 1.82) is 0 Å². The predicted octanol–water partition coefficient (Wildman–Crippen LogP) is 0.148. The number of ether oxygens (including phenoxy) is 1. The second kappa shape index (κ2) is 5.04. The zero-order valence-electron chi connectivity index (χ0n) is 10.4. The largest absolute Gasteiger partial charge is 0.375 e. The lowest BCUT2D eigenvalue weighted by atomic mass is 10.0. The van der Waals surface area contributed by atoms with Crippen LogP contribution in [-0.2, 0) is 14.3 Å². The number of carbonyl (C=O) groups excluding carboxylic acids is 2. The van der Waals surface area contributed by atoms with Crippen molar-refractivity contribution in [3.05, 3.63) is 0 Å². The third-order valence-corrected chi connectivity index (χ3v) is 3.55. The Bertz CT molecular complexity index is 319. The zero-order valence-corrected chi connectivity index (χ0v) is 10.4. The summed E-state index contributed by atoms with van der Waals surface area (Å²) in [6.45, 7) is 5.77. The van der Waals surface area contributed by atoms with Crippen molar-refractivity contribution < 1.29 is 14.3 Å². The van der Waals surface area contributed by atoms with Gasteiger partial charge in [0.25, 0.3) is 0 Å². The van der Waals surface area contributed by atoms with Crippen molar-refractivity contribution in [1.82, 2.24) is 10.2 Å². The molecule has 17 heavy (non-hydrogen) atoms. The van der Waals surface area contributed by atoms with E-state index in [4.69, 9.17) is 4.74 Å². The average Bonchev–Trinajstić information content (AvgIpc) is 2.75. The minimum Gasteiger partial charge on any atom is -0.375 e. The normalized spacial score (nSPS) is 33.6. The van der Waals surface area contributed by atoms with Crippen LogP contribution >= 0.6 is 0 Å². The molecule has 5 nitrogen and oxygen atoms in total. The van der Waals surface area contributed by atoms with Crippen LogP contribution in [0.15, 0.2) is 0 Å². The molecule has 2 heterocycles. The highest BCUT2D eigenvalue weighted by atomic mass is 16.5. The molecule has 2 fully saturated rings. The van der Waals surface area contributed by atoms with E-state index in [1.807, 2.05) is 11.8 Å². The van der Waals surface area contributed by atoms with E-state index in [-0.39, 0.29) is 29.9 Å². The number of hydrogen-bond donors (Lipinski definition) is 1. The minimum absolute atomic E-state index is 0.0160. The van der Waals surface area contributed by atoms with Crippen LogP contribution in [0.1, 0.15) is 26.7 Å². The van der Waals surface area contributed by atoms with Crippen LogP contribution in [0.4, 0.5) is 0 Å². The summed E-state index contributed by atoms with van der Waals surface area (Å²) in [5.41, 5.74) is 0. The van der Waals surface area contributed by atoms with E-state index in [9.17, 15) is 9.59 Å². The molecule has 0 bridgehead atoms. The zero-order chi connectivity index (χ0) is 12.4. The van der Waals surface area contributed by atoms with Crippen LogP contribution in [0, 0.1) is 5.92 Å². The molecule has 0 spiro atoms. The van der Waals surface area contributed by atoms with Gasteiger partial charge in [-0.25, -0.2) is 0 Å². The monoisotopic (exact) mass is 240 g/mol. The maximum Gasteiger partial charge on any atom is 0.228 e. The maximum absolute atomic E-state index is 12.3. The summed E-state index contributed by atoms with van der Waals surface area (Å²) in [6, 6.07) is 0.161. The lowest BCUT2D eigenvalue weighted by Gasteiger charge is -2.39. The smallest absolute Gasteiger partial charge is 0.228 e. The van der Waals surface area contributed by atoms with Gasteiger partial charge in [0, 0.05) is 19.5 Å². The van der Waals surface area contributed by atoms with E-state index < -0.39 is 0 Å². The number of amides is 2. The summed E-state index contributed by atoms with van der Waals surface area (Å²) in [5.74, 6) is -0.0927. The highest BCUT2D eigenvalue weighted by Crippen LogP contribution is 2.20. The summed E-state index contributed by atoms with van der Waals surface area (Å²) in [5, 5.41) is 2.72. The van der Waals surface area contributed by atoms with Crippen LogP contribution in [0.3, 0.4) is 0 Å². The predicted molar refractivity (Wildman–Crippen MR) is 62.3 cm³/mol. The number of morpholine rings is 1. The fourth-order valence-corrected chi connectivity index (χ4v) is 2.47. The van der Waals surface area contributed by atoms with Gasteiger partial charge in [-0.05, 0) is 13.3 Å². The van der Waals surface area contributed by atoms with Crippen molar-refractivity contribution >= 4 is 11.8 Å². The Balaban J connectivity index is 2.02. The first-order valence-electron chi connectivity index (χ1n) is 6.30. The molecule has 2 aliphatic heterocycles. The number of hydrogen-bond acceptors (Lipinski definition) is 3. The highest BCUT2D eigenvalue weighted by Gasteiger charge is 2.36. The molecule has 3 unspecified atom stereocenters. The Kier molecular flexibility index (Phi) is 3.66. The third kappa shape index (κ3) is 2.60. The quantitative estimate of drug-likeness (QED) is 0.747. The molecule has 0 radical (unpaired) electrons. The van der Waals surface area contributed by atoms with E-state index in [0.717, 1.165) is 6.42 Å². The lowest BCUT2D eigenvalue weighted by molar-refractivity contribution is -0.148. The van der Waals surface area contributed by atoms with Crippen LogP contribution < -0.4 is 5.32 Å². The Hall–Kier alpha value is -1.10. The third-order valence-electron chi connectivity index (χ3n) is 3.55. The average molecular weight is 240 g/mol. The first-order valence-corrected chi connectivity index (χ1v) is 6.30. The van der Waals surface area contributed by atoms with Gasteiger partial charge in [0.2, 0.25) is 11.8 Å². The summed E-state index contributed by atoms with van der Waals surface area (Å²) in [7, 11) is 0. The second-order valence-electron chi connectivity index (χ2n) is 4.90. The lowest BCUT2D eigenvalue weighted by Crippen LogP contribution is -2.53. The molecule has 0 aromatic carbocycles. The topological polar surface area (TPSA) is 58.6 Å². The van der Waals surface area contributed by atoms with Gasteiger partial charge in [-0.2, -0.15) is 0 Å². The minimum atomic E-state index is -0.179. The van der Waals surface area contributed by atoms with E-state index in [1.54, 1.807) is 0 Å². The van der Waals surface area contributed by atoms with E-state index in [2.05, 4.69) is 12.2 Å². The summed E-state index contributed by atoms with van der Waals surface area (Å²) >= 11 is 0. The first kappa shape index (κ1) is 12.4. The standard InChI is InChI=1S/C12H20N2O3/c1-3-10-7-17-8(2)6-14(10)12(16)9-4-11(15)13-5-9/h8-10H,3-7H2,1-2H3,(H,13,15). The molecular formula is C12H20N2O3. The summed E-state index contributed by atoms with van der Waals surface area (Å²) in [4.78, 5) is 25.4. The first-order chi connectivity index (χ1) is 8.11.